The third kappa shape index (κ3) is 2.16. The maximum atomic E-state index is 12.7. The minimum atomic E-state index is -0.951. The summed E-state index contributed by atoms with van der Waals surface area (Å²) in [6.07, 6.45) is 0.719. The largest absolute Gasteiger partial charge is 0.465 e. The number of rotatable bonds is 1. The number of piperidine rings is 1. The van der Waals surface area contributed by atoms with Gasteiger partial charge in [-0.05, 0) is 19.3 Å². The lowest BCUT2D eigenvalue weighted by molar-refractivity contribution is -0.138. The van der Waals surface area contributed by atoms with Crippen LogP contribution in [-0.2, 0) is 14.3 Å². The molecule has 0 unspecified atom stereocenters. The zero-order valence-electron chi connectivity index (χ0n) is 11.3. The number of hydrogen-bond acceptors (Lipinski definition) is 4. The predicted octanol–water partition coefficient (Wildman–Crippen LogP) is 0.986. The summed E-state index contributed by atoms with van der Waals surface area (Å²) in [6.45, 7) is 1.24. The highest BCUT2D eigenvalue weighted by Crippen LogP contribution is 2.43. The molecule has 2 fully saturated rings. The molecule has 0 aromatic rings. The molecule has 0 aromatic heterocycles. The maximum absolute atomic E-state index is 12.7. The van der Waals surface area contributed by atoms with Crippen LogP contribution in [0.4, 0.5) is 4.79 Å². The van der Waals surface area contributed by atoms with Gasteiger partial charge in [-0.2, -0.15) is 0 Å². The lowest BCUT2D eigenvalue weighted by Crippen LogP contribution is -2.46. The summed E-state index contributed by atoms with van der Waals surface area (Å²) in [5, 5.41) is 8.95. The van der Waals surface area contributed by atoms with Crippen molar-refractivity contribution in [2.24, 2.45) is 5.41 Å². The maximum Gasteiger partial charge on any atom is 0.407 e. The standard InChI is InChI=1S/C13H15ClN2O5/c14-9-8(7-21-10(9)17)16-6-3-13(11(16)18)1-4-15(5-2-13)12(19)20/h1-7H2,(H,19,20). The summed E-state index contributed by atoms with van der Waals surface area (Å²) in [6, 6.07) is 0. The normalized spacial score (nSPS) is 25.0. The number of carbonyl (C=O) groups is 3. The molecule has 3 aliphatic heterocycles. The quantitative estimate of drug-likeness (QED) is 0.729. The molecule has 0 saturated carbocycles. The molecule has 0 aliphatic carbocycles. The number of hydrogen-bond donors (Lipinski definition) is 1. The molecule has 0 aromatic carbocycles. The van der Waals surface area contributed by atoms with E-state index in [9.17, 15) is 14.4 Å². The molecule has 8 heteroatoms. The molecule has 0 bridgehead atoms. The van der Waals surface area contributed by atoms with E-state index in [0.717, 1.165) is 0 Å². The van der Waals surface area contributed by atoms with Crippen LogP contribution in [-0.4, -0.2) is 59.1 Å². The van der Waals surface area contributed by atoms with E-state index >= 15 is 0 Å². The second-order valence-electron chi connectivity index (χ2n) is 5.59. The number of esters is 1. The smallest absolute Gasteiger partial charge is 0.407 e. The van der Waals surface area contributed by atoms with E-state index in [-0.39, 0.29) is 17.5 Å². The van der Waals surface area contributed by atoms with Crippen LogP contribution in [0.2, 0.25) is 0 Å². The van der Waals surface area contributed by atoms with Crippen molar-refractivity contribution < 1.29 is 24.2 Å². The summed E-state index contributed by atoms with van der Waals surface area (Å²) in [7, 11) is 0. The molecule has 3 heterocycles. The van der Waals surface area contributed by atoms with E-state index in [1.54, 1.807) is 0 Å². The molecule has 21 heavy (non-hydrogen) atoms. The Morgan fingerprint density at radius 1 is 1.19 bits per heavy atom. The lowest BCUT2D eigenvalue weighted by Gasteiger charge is -2.36. The minimum Gasteiger partial charge on any atom is -0.465 e. The van der Waals surface area contributed by atoms with Gasteiger partial charge in [-0.1, -0.05) is 11.6 Å². The zero-order valence-corrected chi connectivity index (χ0v) is 12.1. The van der Waals surface area contributed by atoms with Gasteiger partial charge in [0.1, 0.15) is 11.6 Å². The van der Waals surface area contributed by atoms with Crippen molar-refractivity contribution >= 4 is 29.6 Å². The van der Waals surface area contributed by atoms with Gasteiger partial charge in [-0.25, -0.2) is 9.59 Å². The third-order valence-electron chi connectivity index (χ3n) is 4.60. The van der Waals surface area contributed by atoms with E-state index in [0.29, 0.717) is 44.6 Å². The first-order chi connectivity index (χ1) is 9.94. The van der Waals surface area contributed by atoms with E-state index in [4.69, 9.17) is 21.4 Å². The molecular weight excluding hydrogens is 300 g/mol. The van der Waals surface area contributed by atoms with Crippen molar-refractivity contribution in [3.05, 3.63) is 10.7 Å². The number of nitrogens with zero attached hydrogens (tertiary/aromatic N) is 2. The van der Waals surface area contributed by atoms with Gasteiger partial charge < -0.3 is 19.6 Å². The van der Waals surface area contributed by atoms with Crippen LogP contribution in [0, 0.1) is 5.41 Å². The molecule has 114 valence electrons. The number of carbonyl (C=O) groups excluding carboxylic acids is 2. The average molecular weight is 315 g/mol. The molecular formula is C13H15ClN2O5. The van der Waals surface area contributed by atoms with Gasteiger partial charge in [-0.15, -0.1) is 0 Å². The summed E-state index contributed by atoms with van der Waals surface area (Å²) in [5.41, 5.74) is -0.0916. The summed E-state index contributed by atoms with van der Waals surface area (Å²) < 4.78 is 4.84. The highest BCUT2D eigenvalue weighted by Gasteiger charge is 2.50. The van der Waals surface area contributed by atoms with Crippen LogP contribution in [0.15, 0.2) is 10.7 Å². The molecule has 1 spiro atoms. The van der Waals surface area contributed by atoms with E-state index in [1.165, 1.54) is 9.80 Å². The third-order valence-corrected chi connectivity index (χ3v) is 4.97. The van der Waals surface area contributed by atoms with Gasteiger partial charge in [0, 0.05) is 19.6 Å². The number of cyclic esters (lactones) is 1. The second kappa shape index (κ2) is 4.91. The number of halogens is 1. The molecule has 2 amide bonds. The Morgan fingerprint density at radius 3 is 2.33 bits per heavy atom. The van der Waals surface area contributed by atoms with Crippen LogP contribution in [0.1, 0.15) is 19.3 Å². The summed E-state index contributed by atoms with van der Waals surface area (Å²) in [4.78, 5) is 37.8. The molecule has 7 nitrogen and oxygen atoms in total. The lowest BCUT2D eigenvalue weighted by atomic mass is 9.77. The molecule has 3 aliphatic rings. The first-order valence-electron chi connectivity index (χ1n) is 6.80. The van der Waals surface area contributed by atoms with Crippen molar-refractivity contribution in [1.29, 1.82) is 0 Å². The Labute approximate surface area is 126 Å². The Kier molecular flexibility index (Phi) is 3.32. The zero-order chi connectivity index (χ0) is 15.2. The molecule has 1 N–H and O–H groups in total. The van der Waals surface area contributed by atoms with Gasteiger partial charge in [-0.3, -0.25) is 4.79 Å². The molecule has 0 atom stereocenters. The van der Waals surface area contributed by atoms with Crippen molar-refractivity contribution in [2.45, 2.75) is 19.3 Å². The first-order valence-corrected chi connectivity index (χ1v) is 7.18. The Bertz CT molecular complexity index is 551. The van der Waals surface area contributed by atoms with Crippen LogP contribution in [0.25, 0.3) is 0 Å². The van der Waals surface area contributed by atoms with Gasteiger partial charge in [0.25, 0.3) is 0 Å². The van der Waals surface area contributed by atoms with E-state index in [1.807, 2.05) is 0 Å². The van der Waals surface area contributed by atoms with Gasteiger partial charge >= 0.3 is 12.1 Å². The van der Waals surface area contributed by atoms with Crippen molar-refractivity contribution in [2.75, 3.05) is 26.2 Å². The van der Waals surface area contributed by atoms with Crippen molar-refractivity contribution in [3.8, 4) is 0 Å². The Hall–Kier alpha value is -1.76. The van der Waals surface area contributed by atoms with Gasteiger partial charge in [0.05, 0.1) is 11.1 Å². The van der Waals surface area contributed by atoms with Crippen LogP contribution in [0.3, 0.4) is 0 Å². The van der Waals surface area contributed by atoms with E-state index < -0.39 is 17.5 Å². The number of carboxylic acid groups (broad SMARTS) is 1. The summed E-state index contributed by atoms with van der Waals surface area (Å²) >= 11 is 5.89. The van der Waals surface area contributed by atoms with Crippen LogP contribution < -0.4 is 0 Å². The number of amides is 2. The average Bonchev–Trinajstić information content (AvgIpc) is 2.94. The Balaban J connectivity index is 1.76. The summed E-state index contributed by atoms with van der Waals surface area (Å²) in [5.74, 6) is -0.667. The first kappa shape index (κ1) is 14.2. The molecule has 0 radical (unpaired) electrons. The monoisotopic (exact) mass is 314 g/mol. The highest BCUT2D eigenvalue weighted by molar-refractivity contribution is 6.42. The predicted molar refractivity (Wildman–Crippen MR) is 71.4 cm³/mol. The van der Waals surface area contributed by atoms with Crippen molar-refractivity contribution in [3.63, 3.8) is 0 Å². The minimum absolute atomic E-state index is 0.0247. The molecule has 3 rings (SSSR count). The van der Waals surface area contributed by atoms with E-state index in [2.05, 4.69) is 0 Å². The fraction of sp³-hybridized carbons (Fsp3) is 0.615. The van der Waals surface area contributed by atoms with Crippen LogP contribution in [0.5, 0.6) is 0 Å². The fourth-order valence-electron chi connectivity index (χ4n) is 3.24. The van der Waals surface area contributed by atoms with Gasteiger partial charge in [0.2, 0.25) is 5.91 Å². The second-order valence-corrected chi connectivity index (χ2v) is 5.97. The molecule has 2 saturated heterocycles. The van der Waals surface area contributed by atoms with Gasteiger partial charge in [0.15, 0.2) is 0 Å². The highest BCUT2D eigenvalue weighted by atomic mass is 35.5. The number of likely N-dealkylation sites (tertiary alicyclic amines) is 2. The number of ether oxygens (including phenoxy) is 1. The van der Waals surface area contributed by atoms with Crippen molar-refractivity contribution in [1.82, 2.24) is 9.80 Å². The fourth-order valence-corrected chi connectivity index (χ4v) is 3.45. The SMILES string of the molecule is O=C1OCC(N2CCC3(CCN(C(=O)O)CC3)C2=O)=C1Cl. The Morgan fingerprint density at radius 2 is 1.81 bits per heavy atom. The van der Waals surface area contributed by atoms with Crippen LogP contribution >= 0.6 is 11.6 Å². The topological polar surface area (TPSA) is 87.2 Å².